The van der Waals surface area contributed by atoms with Gasteiger partial charge < -0.3 is 4.52 Å². The van der Waals surface area contributed by atoms with Crippen molar-refractivity contribution >= 4 is 17.5 Å². The summed E-state index contributed by atoms with van der Waals surface area (Å²) in [5.74, 6) is 1.97. The van der Waals surface area contributed by atoms with Crippen molar-refractivity contribution < 1.29 is 21.7 Å². The van der Waals surface area contributed by atoms with Crippen LogP contribution in [0, 0.1) is 12.3 Å². The minimum absolute atomic E-state index is 0.113. The summed E-state index contributed by atoms with van der Waals surface area (Å²) in [7, 11) is -4.70. The van der Waals surface area contributed by atoms with E-state index >= 15 is 0 Å². The molecule has 0 heterocycles. The largest absolute Gasteiger partial charge is 0.332 e. The highest BCUT2D eigenvalue weighted by molar-refractivity contribution is 7.86. The second-order valence-electron chi connectivity index (χ2n) is 3.36. The summed E-state index contributed by atoms with van der Waals surface area (Å²) in [6.45, 7) is 1.28. The first-order valence-corrected chi connectivity index (χ1v) is 8.59. The molecule has 0 rings (SSSR count). The first kappa shape index (κ1) is 15.7. The van der Waals surface area contributed by atoms with E-state index in [0.717, 1.165) is 0 Å². The molecule has 1 unspecified atom stereocenters. The van der Waals surface area contributed by atoms with Crippen molar-refractivity contribution in [3.63, 3.8) is 0 Å². The smallest absolute Gasteiger partial charge is 0.268 e. The Morgan fingerprint density at radius 3 is 2.50 bits per heavy atom. The third kappa shape index (κ3) is 7.89. The number of unbranched alkanes of at least 4 members (excludes halogenated alkanes) is 1. The van der Waals surface area contributed by atoms with Crippen molar-refractivity contribution in [3.05, 3.63) is 0 Å². The average Bonchev–Trinajstić information content (AvgIpc) is 2.22. The van der Waals surface area contributed by atoms with Crippen molar-refractivity contribution in [1.29, 1.82) is 0 Å². The van der Waals surface area contributed by atoms with Gasteiger partial charge in [-0.2, -0.15) is 8.42 Å². The first-order chi connectivity index (χ1) is 7.33. The fraction of sp³-hybridized carbons (Fsp3) is 0.778. The molecule has 0 saturated carbocycles. The number of rotatable bonds is 8. The average molecular weight is 268 g/mol. The van der Waals surface area contributed by atoms with Gasteiger partial charge in [-0.15, -0.1) is 6.42 Å². The van der Waals surface area contributed by atoms with Crippen LogP contribution in [0.25, 0.3) is 0 Å². The lowest BCUT2D eigenvalue weighted by molar-refractivity contribution is 0.362. The number of hydrogen-bond acceptors (Lipinski definition) is 5. The molecule has 0 spiro atoms. The standard InChI is InChI=1S/C9H17O5PS/c1-4-7-14-16(11,12)9-6-5-8-15(3,10)13-2/h1H,5-9H2,2-3H3. The first-order valence-electron chi connectivity index (χ1n) is 4.76. The summed E-state index contributed by atoms with van der Waals surface area (Å²) in [5, 5.41) is 0. The second kappa shape index (κ2) is 7.08. The molecule has 0 aliphatic rings. The maximum Gasteiger partial charge on any atom is 0.268 e. The van der Waals surface area contributed by atoms with Gasteiger partial charge >= 0.3 is 0 Å². The molecular weight excluding hydrogens is 251 g/mol. The van der Waals surface area contributed by atoms with Crippen LogP contribution in [0.4, 0.5) is 0 Å². The van der Waals surface area contributed by atoms with E-state index in [2.05, 4.69) is 10.1 Å². The number of hydrogen-bond donors (Lipinski definition) is 0. The van der Waals surface area contributed by atoms with Crippen LogP contribution >= 0.6 is 7.37 Å². The molecule has 0 aliphatic carbocycles. The Hall–Kier alpha value is -0.340. The lowest BCUT2D eigenvalue weighted by Gasteiger charge is -2.09. The van der Waals surface area contributed by atoms with Crippen molar-refractivity contribution in [2.45, 2.75) is 12.8 Å². The molecule has 94 valence electrons. The lowest BCUT2D eigenvalue weighted by Crippen LogP contribution is -2.11. The Bertz CT molecular complexity index is 381. The van der Waals surface area contributed by atoms with Gasteiger partial charge in [0.2, 0.25) is 0 Å². The van der Waals surface area contributed by atoms with Gasteiger partial charge in [0.05, 0.1) is 5.75 Å². The van der Waals surface area contributed by atoms with E-state index in [9.17, 15) is 13.0 Å². The zero-order valence-electron chi connectivity index (χ0n) is 9.51. The third-order valence-electron chi connectivity index (χ3n) is 1.92. The van der Waals surface area contributed by atoms with E-state index in [1.807, 2.05) is 0 Å². The highest BCUT2D eigenvalue weighted by Gasteiger charge is 2.15. The molecule has 0 aliphatic heterocycles. The van der Waals surface area contributed by atoms with Crippen LogP contribution in [-0.4, -0.2) is 40.7 Å². The minimum Gasteiger partial charge on any atom is -0.332 e. The van der Waals surface area contributed by atoms with Crippen LogP contribution in [0.3, 0.4) is 0 Å². The van der Waals surface area contributed by atoms with Crippen LogP contribution in [0.15, 0.2) is 0 Å². The lowest BCUT2D eigenvalue weighted by atomic mass is 10.4. The highest BCUT2D eigenvalue weighted by Crippen LogP contribution is 2.42. The van der Waals surface area contributed by atoms with Crippen LogP contribution in [-0.2, 0) is 23.4 Å². The number of terminal acetylenes is 1. The second-order valence-corrected chi connectivity index (χ2v) is 7.96. The highest BCUT2D eigenvalue weighted by atomic mass is 32.2. The van der Waals surface area contributed by atoms with Gasteiger partial charge in [0.15, 0.2) is 7.37 Å². The SMILES string of the molecule is C#CCOS(=O)(=O)CCCCP(C)(=O)OC. The van der Waals surface area contributed by atoms with Gasteiger partial charge in [-0.1, -0.05) is 5.92 Å². The Morgan fingerprint density at radius 2 is 2.00 bits per heavy atom. The molecule has 0 aromatic carbocycles. The van der Waals surface area contributed by atoms with Crippen LogP contribution in [0.5, 0.6) is 0 Å². The fourth-order valence-electron chi connectivity index (χ4n) is 0.952. The Balaban J connectivity index is 3.83. The van der Waals surface area contributed by atoms with Crippen molar-refractivity contribution in [2.75, 3.05) is 32.3 Å². The molecule has 0 saturated heterocycles. The Morgan fingerprint density at radius 1 is 1.38 bits per heavy atom. The van der Waals surface area contributed by atoms with E-state index in [-0.39, 0.29) is 12.4 Å². The minimum atomic E-state index is -3.54. The predicted molar refractivity (Wildman–Crippen MR) is 63.2 cm³/mol. The molecule has 7 heteroatoms. The van der Waals surface area contributed by atoms with Gasteiger partial charge in [-0.3, -0.25) is 8.75 Å². The summed E-state index contributed by atoms with van der Waals surface area (Å²) in [6, 6.07) is 0. The molecule has 0 aromatic rings. The monoisotopic (exact) mass is 268 g/mol. The summed E-state index contributed by atoms with van der Waals surface area (Å²) in [6.07, 6.45) is 6.14. The molecule has 0 N–H and O–H groups in total. The van der Waals surface area contributed by atoms with E-state index in [1.54, 1.807) is 0 Å². The molecular formula is C9H17O5PS. The maximum atomic E-state index is 11.4. The van der Waals surface area contributed by atoms with Crippen molar-refractivity contribution in [2.24, 2.45) is 0 Å². The molecule has 0 amide bonds. The van der Waals surface area contributed by atoms with E-state index in [4.69, 9.17) is 10.9 Å². The maximum absolute atomic E-state index is 11.4. The molecule has 0 radical (unpaired) electrons. The molecule has 5 nitrogen and oxygen atoms in total. The summed E-state index contributed by atoms with van der Waals surface area (Å²) < 4.78 is 43.0. The summed E-state index contributed by atoms with van der Waals surface area (Å²) in [5.41, 5.74) is 0. The summed E-state index contributed by atoms with van der Waals surface area (Å²) >= 11 is 0. The fourth-order valence-corrected chi connectivity index (χ4v) is 2.86. The zero-order valence-corrected chi connectivity index (χ0v) is 11.2. The van der Waals surface area contributed by atoms with Gasteiger partial charge in [0.25, 0.3) is 10.1 Å². The van der Waals surface area contributed by atoms with Gasteiger partial charge in [0, 0.05) is 19.9 Å². The molecule has 1 atom stereocenters. The van der Waals surface area contributed by atoms with Crippen LogP contribution in [0.2, 0.25) is 0 Å². The normalized spacial score (nSPS) is 15.3. The zero-order chi connectivity index (χ0) is 12.7. The molecule has 0 bridgehead atoms. The Kier molecular flexibility index (Phi) is 6.93. The van der Waals surface area contributed by atoms with Crippen LogP contribution < -0.4 is 0 Å². The topological polar surface area (TPSA) is 69.7 Å². The molecule has 0 aromatic heterocycles. The summed E-state index contributed by atoms with van der Waals surface area (Å²) in [4.78, 5) is 0. The van der Waals surface area contributed by atoms with Crippen LogP contribution in [0.1, 0.15) is 12.8 Å². The van der Waals surface area contributed by atoms with Crippen molar-refractivity contribution in [3.8, 4) is 12.3 Å². The van der Waals surface area contributed by atoms with E-state index in [0.29, 0.717) is 19.0 Å². The predicted octanol–water partition coefficient (Wildman–Crippen LogP) is 1.30. The Labute approximate surface area is 97.1 Å². The van der Waals surface area contributed by atoms with Gasteiger partial charge in [-0.25, -0.2) is 0 Å². The molecule has 0 fully saturated rings. The van der Waals surface area contributed by atoms with Gasteiger partial charge in [0.1, 0.15) is 6.61 Å². The third-order valence-corrected chi connectivity index (χ3v) is 5.08. The van der Waals surface area contributed by atoms with Gasteiger partial charge in [-0.05, 0) is 12.8 Å². The van der Waals surface area contributed by atoms with E-state index in [1.165, 1.54) is 13.8 Å². The quantitative estimate of drug-likeness (QED) is 0.287. The molecule has 16 heavy (non-hydrogen) atoms. The van der Waals surface area contributed by atoms with Crippen molar-refractivity contribution in [1.82, 2.24) is 0 Å². The van der Waals surface area contributed by atoms with E-state index < -0.39 is 17.5 Å².